The lowest BCUT2D eigenvalue weighted by Crippen LogP contribution is -2.43. The quantitative estimate of drug-likeness (QED) is 0.762. The van der Waals surface area contributed by atoms with Gasteiger partial charge in [-0.2, -0.15) is 4.31 Å². The molecule has 0 aliphatic carbocycles. The van der Waals surface area contributed by atoms with Gasteiger partial charge in [0.15, 0.2) is 0 Å². The molecule has 2 aromatic carbocycles. The van der Waals surface area contributed by atoms with Crippen molar-refractivity contribution in [3.05, 3.63) is 58.1 Å². The molecule has 6 nitrogen and oxygen atoms in total. The Morgan fingerprint density at radius 3 is 2.20 bits per heavy atom. The fourth-order valence-electron chi connectivity index (χ4n) is 4.04. The Morgan fingerprint density at radius 1 is 1.07 bits per heavy atom. The Bertz CT molecular complexity index is 1030. The lowest BCUT2D eigenvalue weighted by molar-refractivity contribution is -0.126. The number of rotatable bonds is 5. The highest BCUT2D eigenvalue weighted by Gasteiger charge is 2.34. The third kappa shape index (κ3) is 4.37. The van der Waals surface area contributed by atoms with Gasteiger partial charge in [-0.25, -0.2) is 8.42 Å². The molecule has 7 heteroatoms. The van der Waals surface area contributed by atoms with Crippen LogP contribution in [0.2, 0.25) is 0 Å². The van der Waals surface area contributed by atoms with E-state index in [0.29, 0.717) is 36.4 Å². The summed E-state index contributed by atoms with van der Waals surface area (Å²) < 4.78 is 28.2. The lowest BCUT2D eigenvalue weighted by atomic mass is 9.97. The minimum atomic E-state index is -3.61. The zero-order chi connectivity index (χ0) is 22.1. The average molecular weight is 431 g/mol. The van der Waals surface area contributed by atoms with Crippen LogP contribution in [0, 0.1) is 33.6 Å². The Morgan fingerprint density at radius 2 is 1.63 bits per heavy atom. The Balaban J connectivity index is 1.67. The summed E-state index contributed by atoms with van der Waals surface area (Å²) in [5.74, 6) is -0.185. The normalized spacial score (nSPS) is 15.9. The molecule has 0 bridgehead atoms. The maximum atomic E-state index is 13.4. The third-order valence-corrected chi connectivity index (χ3v) is 8.34. The van der Waals surface area contributed by atoms with Gasteiger partial charge in [-0.3, -0.25) is 4.79 Å². The largest absolute Gasteiger partial charge is 0.508 e. The maximum absolute atomic E-state index is 13.4. The van der Waals surface area contributed by atoms with E-state index in [9.17, 15) is 18.3 Å². The van der Waals surface area contributed by atoms with Gasteiger partial charge in [0.25, 0.3) is 0 Å². The van der Waals surface area contributed by atoms with E-state index in [4.69, 9.17) is 0 Å². The van der Waals surface area contributed by atoms with Crippen molar-refractivity contribution in [1.82, 2.24) is 9.62 Å². The number of para-hydroxylation sites is 1. The van der Waals surface area contributed by atoms with Crippen LogP contribution in [0.15, 0.2) is 35.2 Å². The Hall–Kier alpha value is -2.38. The van der Waals surface area contributed by atoms with Crippen LogP contribution in [0.25, 0.3) is 0 Å². The van der Waals surface area contributed by atoms with Gasteiger partial charge in [0, 0.05) is 31.1 Å². The minimum absolute atomic E-state index is 0.103. The number of hydrogen-bond donors (Lipinski definition) is 2. The smallest absolute Gasteiger partial charge is 0.243 e. The molecule has 3 rings (SSSR count). The van der Waals surface area contributed by atoms with Crippen molar-refractivity contribution >= 4 is 15.9 Å². The van der Waals surface area contributed by atoms with Crippen molar-refractivity contribution in [1.29, 1.82) is 0 Å². The van der Waals surface area contributed by atoms with E-state index in [2.05, 4.69) is 5.32 Å². The number of hydrogen-bond acceptors (Lipinski definition) is 4. The molecule has 0 aromatic heterocycles. The van der Waals surface area contributed by atoms with Crippen LogP contribution in [-0.2, 0) is 21.4 Å². The zero-order valence-electron chi connectivity index (χ0n) is 18.0. The van der Waals surface area contributed by atoms with Gasteiger partial charge in [0.2, 0.25) is 15.9 Å². The van der Waals surface area contributed by atoms with Gasteiger partial charge in [-0.1, -0.05) is 24.3 Å². The maximum Gasteiger partial charge on any atom is 0.243 e. The second kappa shape index (κ2) is 8.78. The van der Waals surface area contributed by atoms with E-state index < -0.39 is 10.0 Å². The fourth-order valence-corrected chi connectivity index (χ4v) is 6.09. The summed E-state index contributed by atoms with van der Waals surface area (Å²) >= 11 is 0. The van der Waals surface area contributed by atoms with E-state index in [0.717, 1.165) is 22.3 Å². The zero-order valence-corrected chi connectivity index (χ0v) is 18.8. The molecule has 1 heterocycles. The third-order valence-electron chi connectivity index (χ3n) is 6.16. The minimum Gasteiger partial charge on any atom is -0.508 e. The number of aryl methyl sites for hydroxylation is 2. The van der Waals surface area contributed by atoms with Crippen LogP contribution in [-0.4, -0.2) is 36.8 Å². The molecule has 1 aliphatic rings. The molecule has 0 radical (unpaired) electrons. The van der Waals surface area contributed by atoms with Crippen molar-refractivity contribution in [2.75, 3.05) is 13.1 Å². The van der Waals surface area contributed by atoms with E-state index in [1.807, 2.05) is 39.8 Å². The van der Waals surface area contributed by atoms with Gasteiger partial charge >= 0.3 is 0 Å². The first kappa shape index (κ1) is 22.3. The van der Waals surface area contributed by atoms with E-state index in [1.54, 1.807) is 18.2 Å². The molecule has 1 amide bonds. The van der Waals surface area contributed by atoms with Crippen LogP contribution in [0.3, 0.4) is 0 Å². The number of piperidine rings is 1. The van der Waals surface area contributed by atoms with Crippen LogP contribution in [0.1, 0.15) is 40.7 Å². The first-order valence-electron chi connectivity index (χ1n) is 10.2. The number of carbonyl (C=O) groups is 1. The Labute approximate surface area is 179 Å². The van der Waals surface area contributed by atoms with Gasteiger partial charge in [0.05, 0.1) is 4.90 Å². The number of nitrogens with zero attached hydrogens (tertiary/aromatic N) is 1. The van der Waals surface area contributed by atoms with Crippen molar-refractivity contribution in [3.8, 4) is 5.75 Å². The number of aromatic hydroxyl groups is 1. The molecule has 0 spiro atoms. The van der Waals surface area contributed by atoms with Crippen molar-refractivity contribution < 1.29 is 18.3 Å². The number of carbonyl (C=O) groups excluding carboxylic acids is 1. The molecule has 0 saturated carbocycles. The second-order valence-electron chi connectivity index (χ2n) is 8.11. The number of phenols is 1. The van der Waals surface area contributed by atoms with Gasteiger partial charge in [0.1, 0.15) is 5.75 Å². The molecule has 2 aromatic rings. The standard InChI is InChI=1S/C23H30N2O4S/c1-15-13-16(2)18(4)22(17(15)3)30(28,29)25-11-9-19(10-12-25)23(27)24-14-20-7-5-6-8-21(20)26/h5-8,13,19,26H,9-12,14H2,1-4H3,(H,24,27). The van der Waals surface area contributed by atoms with Gasteiger partial charge < -0.3 is 10.4 Å². The monoisotopic (exact) mass is 430 g/mol. The molecular formula is C23H30N2O4S. The van der Waals surface area contributed by atoms with E-state index in [1.165, 1.54) is 4.31 Å². The lowest BCUT2D eigenvalue weighted by Gasteiger charge is -2.31. The summed E-state index contributed by atoms with van der Waals surface area (Å²) in [6.07, 6.45) is 0.962. The Kier molecular flexibility index (Phi) is 6.53. The highest BCUT2D eigenvalue weighted by atomic mass is 32.2. The second-order valence-corrected chi connectivity index (χ2v) is 9.99. The summed E-state index contributed by atoms with van der Waals surface area (Å²) in [4.78, 5) is 13.0. The van der Waals surface area contributed by atoms with Gasteiger partial charge in [-0.15, -0.1) is 0 Å². The van der Waals surface area contributed by atoms with E-state index >= 15 is 0 Å². The predicted octanol–water partition coefficient (Wildman–Crippen LogP) is 3.34. The van der Waals surface area contributed by atoms with Crippen LogP contribution in [0.5, 0.6) is 5.75 Å². The molecule has 1 saturated heterocycles. The van der Waals surface area contributed by atoms with Crippen molar-refractivity contribution in [2.45, 2.75) is 52.0 Å². The van der Waals surface area contributed by atoms with Crippen LogP contribution >= 0.6 is 0 Å². The predicted molar refractivity (Wildman–Crippen MR) is 117 cm³/mol. The summed E-state index contributed by atoms with van der Waals surface area (Å²) in [5, 5.41) is 12.7. The highest BCUT2D eigenvalue weighted by Crippen LogP contribution is 2.31. The fraction of sp³-hybridized carbons (Fsp3) is 0.435. The SMILES string of the molecule is Cc1cc(C)c(C)c(S(=O)(=O)N2CCC(C(=O)NCc3ccccc3O)CC2)c1C. The number of sulfonamides is 1. The number of benzene rings is 2. The average Bonchev–Trinajstić information content (AvgIpc) is 2.71. The first-order chi connectivity index (χ1) is 14.1. The molecule has 1 aliphatic heterocycles. The number of phenolic OH excluding ortho intramolecular Hbond substituents is 1. The van der Waals surface area contributed by atoms with E-state index in [-0.39, 0.29) is 24.1 Å². The molecule has 2 N–H and O–H groups in total. The molecular weight excluding hydrogens is 400 g/mol. The van der Waals surface area contributed by atoms with Gasteiger partial charge in [-0.05, 0) is 68.9 Å². The summed E-state index contributed by atoms with van der Waals surface area (Å²) in [7, 11) is -3.61. The molecule has 0 unspecified atom stereocenters. The molecule has 30 heavy (non-hydrogen) atoms. The number of amides is 1. The highest BCUT2D eigenvalue weighted by molar-refractivity contribution is 7.89. The van der Waals surface area contributed by atoms with Crippen molar-refractivity contribution in [2.24, 2.45) is 5.92 Å². The first-order valence-corrected chi connectivity index (χ1v) is 11.7. The number of nitrogens with one attached hydrogen (secondary N) is 1. The van der Waals surface area contributed by atoms with Crippen LogP contribution in [0.4, 0.5) is 0 Å². The molecule has 1 fully saturated rings. The summed E-state index contributed by atoms with van der Waals surface area (Å²) in [6.45, 7) is 8.47. The topological polar surface area (TPSA) is 86.7 Å². The van der Waals surface area contributed by atoms with Crippen molar-refractivity contribution in [3.63, 3.8) is 0 Å². The summed E-state index contributed by atoms with van der Waals surface area (Å²) in [5.41, 5.74) is 4.18. The molecule has 162 valence electrons. The summed E-state index contributed by atoms with van der Waals surface area (Å²) in [6, 6.07) is 8.91. The molecule has 0 atom stereocenters. The van der Waals surface area contributed by atoms with Crippen LogP contribution < -0.4 is 5.32 Å².